The molecule has 0 aromatic carbocycles. The third-order valence-electron chi connectivity index (χ3n) is 3.83. The molecular weight excluding hydrogens is 290 g/mol. The van der Waals surface area contributed by atoms with E-state index in [-0.39, 0.29) is 30.5 Å². The topological polar surface area (TPSA) is 59.8 Å². The Morgan fingerprint density at radius 2 is 2.09 bits per heavy atom. The molecule has 0 unspecified atom stereocenters. The van der Waals surface area contributed by atoms with E-state index in [1.165, 1.54) is 0 Å². The number of carbonyl (C=O) groups excluding carboxylic acids is 1. The van der Waals surface area contributed by atoms with Gasteiger partial charge >= 0.3 is 0 Å². The zero-order valence-corrected chi connectivity index (χ0v) is 11.9. The van der Waals surface area contributed by atoms with Crippen LogP contribution in [-0.2, 0) is 0 Å². The van der Waals surface area contributed by atoms with Crippen molar-refractivity contribution in [2.24, 2.45) is 0 Å². The van der Waals surface area contributed by atoms with Gasteiger partial charge in [0.1, 0.15) is 5.69 Å². The lowest BCUT2D eigenvalue weighted by Crippen LogP contribution is -2.40. The van der Waals surface area contributed by atoms with Crippen LogP contribution in [0.25, 0.3) is 5.69 Å². The van der Waals surface area contributed by atoms with Gasteiger partial charge in [-0.1, -0.05) is 0 Å². The Morgan fingerprint density at radius 1 is 1.32 bits per heavy atom. The van der Waals surface area contributed by atoms with Crippen molar-refractivity contribution < 1.29 is 13.6 Å². The Balaban J connectivity index is 1.67. The highest BCUT2D eigenvalue weighted by molar-refractivity contribution is 5.92. The highest BCUT2D eigenvalue weighted by Gasteiger charge is 2.35. The summed E-state index contributed by atoms with van der Waals surface area (Å²) in [5.41, 5.74) is 1.04. The molecule has 0 spiro atoms. The molecule has 1 aliphatic carbocycles. The number of aromatic nitrogens is 3. The normalized spacial score (nSPS) is 18.1. The molecule has 2 aromatic rings. The molecule has 116 valence electrons. The summed E-state index contributed by atoms with van der Waals surface area (Å²) in [4.78, 5) is 20.2. The van der Waals surface area contributed by atoms with E-state index in [4.69, 9.17) is 0 Å². The van der Waals surface area contributed by atoms with E-state index in [0.29, 0.717) is 12.8 Å². The van der Waals surface area contributed by atoms with Crippen molar-refractivity contribution in [2.45, 2.75) is 37.6 Å². The molecule has 1 amide bonds. The minimum absolute atomic E-state index is 0.180. The van der Waals surface area contributed by atoms with Crippen LogP contribution in [0.15, 0.2) is 37.1 Å². The van der Waals surface area contributed by atoms with Crippen molar-refractivity contribution in [2.75, 3.05) is 0 Å². The molecule has 0 aliphatic heterocycles. The third-order valence-corrected chi connectivity index (χ3v) is 3.83. The molecule has 1 N–H and O–H groups in total. The van der Waals surface area contributed by atoms with Crippen LogP contribution in [-0.4, -0.2) is 32.4 Å². The number of pyridine rings is 1. The number of halogens is 2. The number of nitrogens with zero attached hydrogens (tertiary/aromatic N) is 3. The minimum Gasteiger partial charge on any atom is -0.348 e. The van der Waals surface area contributed by atoms with Crippen molar-refractivity contribution in [3.8, 4) is 5.69 Å². The summed E-state index contributed by atoms with van der Waals surface area (Å²) in [5.74, 6) is -2.93. The molecule has 5 nitrogen and oxygen atoms in total. The van der Waals surface area contributed by atoms with Crippen LogP contribution in [0.3, 0.4) is 0 Å². The summed E-state index contributed by atoms with van der Waals surface area (Å²) in [6.45, 7) is 0. The summed E-state index contributed by atoms with van der Waals surface area (Å²) < 4.78 is 28.0. The number of carbonyl (C=O) groups is 1. The second-order valence-corrected chi connectivity index (χ2v) is 5.47. The number of hydrogen-bond acceptors (Lipinski definition) is 3. The molecule has 1 aliphatic rings. The Morgan fingerprint density at radius 3 is 2.77 bits per heavy atom. The van der Waals surface area contributed by atoms with Gasteiger partial charge in [-0.15, -0.1) is 0 Å². The number of imidazole rings is 1. The first-order chi connectivity index (χ1) is 10.5. The number of rotatable bonds is 3. The minimum atomic E-state index is -2.60. The lowest BCUT2D eigenvalue weighted by atomic mass is 9.92. The predicted molar refractivity (Wildman–Crippen MR) is 76.0 cm³/mol. The zero-order valence-electron chi connectivity index (χ0n) is 11.9. The fourth-order valence-electron chi connectivity index (χ4n) is 2.56. The maximum absolute atomic E-state index is 13.1. The molecule has 0 saturated heterocycles. The van der Waals surface area contributed by atoms with E-state index in [1.54, 1.807) is 41.6 Å². The average molecular weight is 306 g/mol. The molecule has 0 radical (unpaired) electrons. The van der Waals surface area contributed by atoms with E-state index in [9.17, 15) is 13.6 Å². The first kappa shape index (κ1) is 14.6. The average Bonchev–Trinajstić information content (AvgIpc) is 3.04. The van der Waals surface area contributed by atoms with Gasteiger partial charge in [-0.3, -0.25) is 9.78 Å². The lowest BCUT2D eigenvalue weighted by molar-refractivity contribution is -0.0399. The maximum atomic E-state index is 13.1. The van der Waals surface area contributed by atoms with Gasteiger partial charge in [0.15, 0.2) is 0 Å². The number of nitrogens with one attached hydrogen (secondary N) is 1. The van der Waals surface area contributed by atoms with Crippen LogP contribution in [0, 0.1) is 0 Å². The summed E-state index contributed by atoms with van der Waals surface area (Å²) in [7, 11) is 0. The largest absolute Gasteiger partial charge is 0.348 e. The second-order valence-electron chi connectivity index (χ2n) is 5.47. The van der Waals surface area contributed by atoms with E-state index in [1.807, 2.05) is 0 Å². The second kappa shape index (κ2) is 5.82. The van der Waals surface area contributed by atoms with Gasteiger partial charge < -0.3 is 9.88 Å². The smallest absolute Gasteiger partial charge is 0.270 e. The monoisotopic (exact) mass is 306 g/mol. The first-order valence-electron chi connectivity index (χ1n) is 7.17. The third kappa shape index (κ3) is 3.29. The van der Waals surface area contributed by atoms with Crippen LogP contribution in [0.1, 0.15) is 36.2 Å². The fourth-order valence-corrected chi connectivity index (χ4v) is 2.56. The Labute approximate surface area is 126 Å². The summed E-state index contributed by atoms with van der Waals surface area (Å²) in [6, 6.07) is 3.19. The molecule has 0 atom stereocenters. The van der Waals surface area contributed by atoms with Crippen molar-refractivity contribution >= 4 is 5.91 Å². The number of amides is 1. The maximum Gasteiger partial charge on any atom is 0.270 e. The van der Waals surface area contributed by atoms with Crippen molar-refractivity contribution in [1.82, 2.24) is 19.9 Å². The zero-order chi connectivity index (χ0) is 15.6. The van der Waals surface area contributed by atoms with E-state index in [2.05, 4.69) is 15.3 Å². The Bertz CT molecular complexity index is 647. The Kier molecular flexibility index (Phi) is 3.87. The highest BCUT2D eigenvalue weighted by atomic mass is 19.3. The van der Waals surface area contributed by atoms with Crippen molar-refractivity contribution in [3.63, 3.8) is 0 Å². The van der Waals surface area contributed by atoms with Gasteiger partial charge in [-0.05, 0) is 25.0 Å². The van der Waals surface area contributed by atoms with Gasteiger partial charge in [0, 0.05) is 37.5 Å². The molecular formula is C15H16F2N4O. The molecule has 3 rings (SSSR count). The number of alkyl halides is 2. The molecule has 1 saturated carbocycles. The van der Waals surface area contributed by atoms with E-state index in [0.717, 1.165) is 5.69 Å². The summed E-state index contributed by atoms with van der Waals surface area (Å²) in [5, 5.41) is 2.79. The van der Waals surface area contributed by atoms with E-state index < -0.39 is 5.92 Å². The molecule has 0 bridgehead atoms. The van der Waals surface area contributed by atoms with Gasteiger partial charge in [0.05, 0.1) is 12.0 Å². The molecule has 1 fully saturated rings. The van der Waals surface area contributed by atoms with Crippen LogP contribution in [0.5, 0.6) is 0 Å². The van der Waals surface area contributed by atoms with Gasteiger partial charge in [-0.25, -0.2) is 13.8 Å². The van der Waals surface area contributed by atoms with Crippen LogP contribution < -0.4 is 5.32 Å². The predicted octanol–water partition coefficient (Wildman–Crippen LogP) is 2.58. The standard InChI is InChI=1S/C15H16F2N4O/c16-15(17)4-1-11(2-5-15)20-14(22)13-9-12(3-6-19-13)21-8-7-18-10-21/h3,6-11H,1-2,4-5H2,(H,20,22). The van der Waals surface area contributed by atoms with Gasteiger partial charge in [-0.2, -0.15) is 0 Å². The van der Waals surface area contributed by atoms with Crippen LogP contribution in [0.4, 0.5) is 8.78 Å². The fraction of sp³-hybridized carbons (Fsp3) is 0.400. The van der Waals surface area contributed by atoms with Crippen LogP contribution >= 0.6 is 0 Å². The number of hydrogen-bond donors (Lipinski definition) is 1. The lowest BCUT2D eigenvalue weighted by Gasteiger charge is -2.28. The SMILES string of the molecule is O=C(NC1CCC(F)(F)CC1)c1cc(-n2ccnc2)ccn1. The first-order valence-corrected chi connectivity index (χ1v) is 7.17. The van der Waals surface area contributed by atoms with Crippen molar-refractivity contribution in [1.29, 1.82) is 0 Å². The van der Waals surface area contributed by atoms with Gasteiger partial charge in [0.25, 0.3) is 5.91 Å². The molecule has 22 heavy (non-hydrogen) atoms. The van der Waals surface area contributed by atoms with Gasteiger partial charge in [0.2, 0.25) is 5.92 Å². The van der Waals surface area contributed by atoms with Crippen molar-refractivity contribution in [3.05, 3.63) is 42.7 Å². The summed E-state index contributed by atoms with van der Waals surface area (Å²) in [6.07, 6.45) is 6.79. The van der Waals surface area contributed by atoms with E-state index >= 15 is 0 Å². The van der Waals surface area contributed by atoms with Crippen LogP contribution in [0.2, 0.25) is 0 Å². The quantitative estimate of drug-likeness (QED) is 0.948. The molecule has 7 heteroatoms. The molecule has 2 aromatic heterocycles. The highest BCUT2D eigenvalue weighted by Crippen LogP contribution is 2.33. The summed E-state index contributed by atoms with van der Waals surface area (Å²) >= 11 is 0. The Hall–Kier alpha value is -2.31. The molecule has 2 heterocycles.